The third-order valence-electron chi connectivity index (χ3n) is 8.71. The maximum absolute atomic E-state index is 12.6. The lowest BCUT2D eigenvalue weighted by Gasteiger charge is -2.28. The predicted octanol–water partition coefficient (Wildman–Crippen LogP) is 10.6. The van der Waals surface area contributed by atoms with Crippen molar-refractivity contribution in [3.63, 3.8) is 0 Å². The summed E-state index contributed by atoms with van der Waals surface area (Å²) >= 11 is 0. The van der Waals surface area contributed by atoms with Crippen LogP contribution in [0.3, 0.4) is 0 Å². The minimum absolute atomic E-state index is 0.0360. The SMILES string of the molecule is CCCCC/C=C/CCCCCCCC(=O)O[C@H](COC(=O)CC/C=C/CCCCCCCCCCCCC)COP(=O)([O-])OCC[N+](C)(C)C. The number of ether oxygens (including phenoxy) is 2. The monoisotopic (exact) mass is 744 g/mol. The molecule has 0 aromatic rings. The Morgan fingerprint density at radius 1 is 0.588 bits per heavy atom. The second-order valence-electron chi connectivity index (χ2n) is 15.0. The number of quaternary nitrogens is 1. The molecular weight excluding hydrogens is 665 g/mol. The van der Waals surface area contributed by atoms with Gasteiger partial charge in [0.2, 0.25) is 0 Å². The van der Waals surface area contributed by atoms with Crippen LogP contribution in [0.1, 0.15) is 174 Å². The summed E-state index contributed by atoms with van der Waals surface area (Å²) in [5, 5.41) is 0. The van der Waals surface area contributed by atoms with Crippen LogP contribution in [0.4, 0.5) is 0 Å². The molecule has 0 saturated heterocycles. The minimum atomic E-state index is -4.62. The molecule has 0 spiro atoms. The molecule has 0 aliphatic carbocycles. The number of carbonyl (C=O) groups is 2. The quantitative estimate of drug-likeness (QED) is 0.0203. The summed E-state index contributed by atoms with van der Waals surface area (Å²) in [6, 6.07) is 0. The first-order valence-corrected chi connectivity index (χ1v) is 22.0. The van der Waals surface area contributed by atoms with E-state index in [2.05, 4.69) is 32.1 Å². The van der Waals surface area contributed by atoms with E-state index in [1.165, 1.54) is 83.5 Å². The summed E-state index contributed by atoms with van der Waals surface area (Å²) in [6.45, 7) is 4.14. The van der Waals surface area contributed by atoms with Crippen molar-refractivity contribution in [3.8, 4) is 0 Å². The van der Waals surface area contributed by atoms with Crippen molar-refractivity contribution in [3.05, 3.63) is 24.3 Å². The van der Waals surface area contributed by atoms with E-state index in [4.69, 9.17) is 18.5 Å². The fraction of sp³-hybridized carbons (Fsp3) is 0.854. The first-order chi connectivity index (χ1) is 24.5. The molecule has 0 N–H and O–H groups in total. The van der Waals surface area contributed by atoms with Crippen LogP contribution in [-0.4, -0.2) is 70.0 Å². The number of carbonyl (C=O) groups excluding carboxylic acids is 2. The summed E-state index contributed by atoms with van der Waals surface area (Å²) in [5.41, 5.74) is 0. The van der Waals surface area contributed by atoms with Crippen molar-refractivity contribution in [2.24, 2.45) is 0 Å². The smallest absolute Gasteiger partial charge is 0.306 e. The van der Waals surface area contributed by atoms with Crippen LogP contribution >= 0.6 is 7.82 Å². The molecule has 0 aliphatic rings. The van der Waals surface area contributed by atoms with Crippen molar-refractivity contribution >= 4 is 19.8 Å². The van der Waals surface area contributed by atoms with Crippen LogP contribution < -0.4 is 4.89 Å². The van der Waals surface area contributed by atoms with Crippen molar-refractivity contribution in [2.45, 2.75) is 180 Å². The van der Waals surface area contributed by atoms with E-state index in [1.54, 1.807) is 0 Å². The first-order valence-electron chi connectivity index (χ1n) is 20.5. The average Bonchev–Trinajstić information content (AvgIpc) is 3.07. The summed E-state index contributed by atoms with van der Waals surface area (Å²) in [7, 11) is 1.15. The molecule has 0 radical (unpaired) electrons. The molecule has 0 saturated carbocycles. The van der Waals surface area contributed by atoms with Gasteiger partial charge in [-0.1, -0.05) is 134 Å². The van der Waals surface area contributed by atoms with Gasteiger partial charge in [0.15, 0.2) is 6.10 Å². The summed E-state index contributed by atoms with van der Waals surface area (Å²) < 4.78 is 33.7. The van der Waals surface area contributed by atoms with Crippen molar-refractivity contribution in [1.82, 2.24) is 0 Å². The molecule has 9 nitrogen and oxygen atoms in total. The highest BCUT2D eigenvalue weighted by Gasteiger charge is 2.21. The predicted molar refractivity (Wildman–Crippen MR) is 208 cm³/mol. The van der Waals surface area contributed by atoms with Crippen LogP contribution in [0.15, 0.2) is 24.3 Å². The fourth-order valence-corrected chi connectivity index (χ4v) is 6.16. The molecule has 10 heteroatoms. The standard InChI is InChI=1S/C41H78NO8P/c1-6-8-10-12-14-16-18-20-21-22-24-25-27-29-31-33-40(43)47-37-39(38-49-51(45,46)48-36-35-42(3,4)5)50-41(44)34-32-30-28-26-23-19-17-15-13-11-9-7-2/h15,17,27,29,39H,6-14,16,18-26,28,30-38H2,1-5H3/b17-15+,29-27+/t39-/m1/s1. The Kier molecular flexibility index (Phi) is 33.3. The van der Waals surface area contributed by atoms with Gasteiger partial charge < -0.3 is 27.9 Å². The Morgan fingerprint density at radius 2 is 1.04 bits per heavy atom. The van der Waals surface area contributed by atoms with E-state index >= 15 is 0 Å². The van der Waals surface area contributed by atoms with E-state index in [0.717, 1.165) is 51.4 Å². The lowest BCUT2D eigenvalue weighted by atomic mass is 10.1. The Bertz CT molecular complexity index is 933. The van der Waals surface area contributed by atoms with Gasteiger partial charge in [-0.3, -0.25) is 14.2 Å². The maximum Gasteiger partial charge on any atom is 0.306 e. The molecular formula is C41H78NO8P. The number of phosphoric ester groups is 1. The molecule has 0 fully saturated rings. The van der Waals surface area contributed by atoms with Crippen LogP contribution in [0.5, 0.6) is 0 Å². The second-order valence-corrected chi connectivity index (χ2v) is 16.4. The number of unbranched alkanes of at least 4 members (excludes halogenated alkanes) is 19. The summed E-state index contributed by atoms with van der Waals surface area (Å²) in [4.78, 5) is 37.3. The zero-order valence-electron chi connectivity index (χ0n) is 33.6. The van der Waals surface area contributed by atoms with Crippen LogP contribution in [0, 0.1) is 0 Å². The number of phosphoric acid groups is 1. The highest BCUT2D eigenvalue weighted by atomic mass is 31.2. The van der Waals surface area contributed by atoms with E-state index in [1.807, 2.05) is 27.2 Å². The number of allylic oxidation sites excluding steroid dienone is 4. The molecule has 2 atom stereocenters. The third kappa shape index (κ3) is 38.0. The molecule has 300 valence electrons. The number of nitrogens with zero attached hydrogens (tertiary/aromatic N) is 1. The van der Waals surface area contributed by atoms with Crippen LogP contribution in [-0.2, 0) is 32.7 Å². The lowest BCUT2D eigenvalue weighted by Crippen LogP contribution is -2.37. The first kappa shape index (κ1) is 49.5. The van der Waals surface area contributed by atoms with Crippen molar-refractivity contribution in [2.75, 3.05) is 47.5 Å². The van der Waals surface area contributed by atoms with Gasteiger partial charge >= 0.3 is 11.9 Å². The third-order valence-corrected chi connectivity index (χ3v) is 9.67. The number of rotatable bonds is 37. The van der Waals surface area contributed by atoms with E-state index in [0.29, 0.717) is 23.9 Å². The van der Waals surface area contributed by atoms with Gasteiger partial charge in [-0.15, -0.1) is 0 Å². The molecule has 0 bridgehead atoms. The molecule has 51 heavy (non-hydrogen) atoms. The molecule has 1 unspecified atom stereocenters. The van der Waals surface area contributed by atoms with Crippen molar-refractivity contribution in [1.29, 1.82) is 0 Å². The zero-order valence-corrected chi connectivity index (χ0v) is 34.4. The summed E-state index contributed by atoms with van der Waals surface area (Å²) in [5.74, 6) is -0.901. The Hall–Kier alpha value is -1.51. The Labute approximate surface area is 313 Å². The Balaban J connectivity index is 4.44. The number of likely N-dealkylation sites (N-methyl/N-ethyl adjacent to an activating group) is 1. The van der Waals surface area contributed by atoms with Crippen LogP contribution in [0.25, 0.3) is 0 Å². The number of hydrogen-bond acceptors (Lipinski definition) is 8. The lowest BCUT2D eigenvalue weighted by molar-refractivity contribution is -0.870. The fourth-order valence-electron chi connectivity index (χ4n) is 5.43. The van der Waals surface area contributed by atoms with Gasteiger partial charge in [0.05, 0.1) is 27.7 Å². The Morgan fingerprint density at radius 3 is 1.57 bits per heavy atom. The highest BCUT2D eigenvalue weighted by molar-refractivity contribution is 7.45. The second kappa shape index (κ2) is 34.3. The van der Waals surface area contributed by atoms with Crippen LogP contribution in [0.2, 0.25) is 0 Å². The van der Waals surface area contributed by atoms with Gasteiger partial charge in [0.1, 0.15) is 19.8 Å². The van der Waals surface area contributed by atoms with Gasteiger partial charge in [-0.25, -0.2) is 0 Å². The molecule has 0 aromatic heterocycles. The number of hydrogen-bond donors (Lipinski definition) is 0. The molecule has 0 heterocycles. The maximum atomic E-state index is 12.6. The van der Waals surface area contributed by atoms with Gasteiger partial charge in [0, 0.05) is 12.8 Å². The number of esters is 2. The molecule has 0 rings (SSSR count). The largest absolute Gasteiger partial charge is 0.756 e. The average molecular weight is 744 g/mol. The summed E-state index contributed by atoms with van der Waals surface area (Å²) in [6.07, 6.45) is 35.0. The molecule has 0 amide bonds. The van der Waals surface area contributed by atoms with E-state index in [-0.39, 0.29) is 26.1 Å². The normalized spacial score (nSPS) is 13.9. The van der Waals surface area contributed by atoms with Gasteiger partial charge in [-0.2, -0.15) is 0 Å². The van der Waals surface area contributed by atoms with E-state index < -0.39 is 32.5 Å². The molecule has 0 aromatic carbocycles. The van der Waals surface area contributed by atoms with Gasteiger partial charge in [0.25, 0.3) is 7.82 Å². The molecule has 0 aliphatic heterocycles. The van der Waals surface area contributed by atoms with Crippen molar-refractivity contribution < 1.29 is 42.1 Å². The zero-order chi connectivity index (χ0) is 37.9. The van der Waals surface area contributed by atoms with E-state index in [9.17, 15) is 19.0 Å². The minimum Gasteiger partial charge on any atom is -0.756 e. The van der Waals surface area contributed by atoms with Gasteiger partial charge in [-0.05, 0) is 51.4 Å². The highest BCUT2D eigenvalue weighted by Crippen LogP contribution is 2.38. The topological polar surface area (TPSA) is 111 Å².